The van der Waals surface area contributed by atoms with Gasteiger partial charge in [-0.3, -0.25) is 14.1 Å². The molecule has 0 fully saturated rings. The molecule has 0 aliphatic heterocycles. The molecule has 0 aliphatic rings. The summed E-state index contributed by atoms with van der Waals surface area (Å²) in [4.78, 5) is 11.7. The lowest BCUT2D eigenvalue weighted by molar-refractivity contribution is 0.0935. The van der Waals surface area contributed by atoms with Gasteiger partial charge in [0.1, 0.15) is 4.90 Å². The average molecular weight is 342 g/mol. The lowest BCUT2D eigenvalue weighted by Gasteiger charge is -2.11. The average Bonchev–Trinajstić information content (AvgIpc) is 2.70. The van der Waals surface area contributed by atoms with Gasteiger partial charge < -0.3 is 5.32 Å². The molecule has 0 aromatic carbocycles. The van der Waals surface area contributed by atoms with Gasteiger partial charge in [-0.1, -0.05) is 6.92 Å². The van der Waals surface area contributed by atoms with Crippen LogP contribution in [0.4, 0.5) is 0 Å². The Balaban J connectivity index is 3.06. The summed E-state index contributed by atoms with van der Waals surface area (Å²) in [6, 6.07) is -0.374. The molecule has 1 aromatic rings. The highest BCUT2D eigenvalue weighted by Gasteiger charge is 2.28. The van der Waals surface area contributed by atoms with E-state index >= 15 is 0 Å². The SMILES string of the molecule is CCc1[nH]nc(C(=O)NC(C)CS(C)=O)c1S(=O)(=O)Cl. The third-order valence-corrected chi connectivity index (χ3v) is 4.83. The van der Waals surface area contributed by atoms with E-state index in [4.69, 9.17) is 10.7 Å². The van der Waals surface area contributed by atoms with Gasteiger partial charge in [0.25, 0.3) is 15.0 Å². The van der Waals surface area contributed by atoms with Crippen molar-refractivity contribution >= 4 is 36.4 Å². The summed E-state index contributed by atoms with van der Waals surface area (Å²) in [5, 5.41) is 8.74. The monoisotopic (exact) mass is 341 g/mol. The minimum absolute atomic E-state index is 0.264. The van der Waals surface area contributed by atoms with Crippen LogP contribution in [-0.4, -0.2) is 46.8 Å². The maximum Gasteiger partial charge on any atom is 0.273 e. The van der Waals surface area contributed by atoms with Crippen molar-refractivity contribution in [3.8, 4) is 0 Å². The molecule has 7 nitrogen and oxygen atoms in total. The molecule has 20 heavy (non-hydrogen) atoms. The summed E-state index contributed by atoms with van der Waals surface area (Å²) in [7, 11) is 0.184. The van der Waals surface area contributed by atoms with E-state index in [0.717, 1.165) is 0 Å². The number of carbonyl (C=O) groups excluding carboxylic acids is 1. The number of nitrogens with zero attached hydrogens (tertiary/aromatic N) is 1. The lowest BCUT2D eigenvalue weighted by Crippen LogP contribution is -2.36. The molecular weight excluding hydrogens is 326 g/mol. The molecule has 2 unspecified atom stereocenters. The van der Waals surface area contributed by atoms with Gasteiger partial charge in [0.2, 0.25) is 0 Å². The zero-order valence-electron chi connectivity index (χ0n) is 11.3. The molecule has 10 heteroatoms. The van der Waals surface area contributed by atoms with Crippen molar-refractivity contribution in [2.45, 2.75) is 31.2 Å². The van der Waals surface area contributed by atoms with Crippen molar-refractivity contribution in [1.82, 2.24) is 15.5 Å². The fraction of sp³-hybridized carbons (Fsp3) is 0.600. The Morgan fingerprint density at radius 1 is 1.55 bits per heavy atom. The first kappa shape index (κ1) is 17.1. The molecule has 0 bridgehead atoms. The first-order valence-corrected chi connectivity index (χ1v) is 9.83. The number of carbonyl (C=O) groups is 1. The number of H-pyrrole nitrogens is 1. The number of hydrogen-bond donors (Lipinski definition) is 2. The molecule has 1 amide bonds. The number of aromatic nitrogens is 2. The van der Waals surface area contributed by atoms with Crippen LogP contribution in [0.1, 0.15) is 30.0 Å². The molecule has 2 atom stereocenters. The first-order valence-electron chi connectivity index (χ1n) is 5.79. The van der Waals surface area contributed by atoms with Crippen LogP contribution in [-0.2, 0) is 26.3 Å². The van der Waals surface area contributed by atoms with Crippen LogP contribution in [0.2, 0.25) is 0 Å². The van der Waals surface area contributed by atoms with E-state index in [1.807, 2.05) is 0 Å². The molecule has 0 radical (unpaired) electrons. The van der Waals surface area contributed by atoms with E-state index in [1.165, 1.54) is 6.26 Å². The van der Waals surface area contributed by atoms with Crippen LogP contribution < -0.4 is 5.32 Å². The Bertz CT molecular complexity index is 626. The fourth-order valence-electron chi connectivity index (χ4n) is 1.71. The van der Waals surface area contributed by atoms with Crippen molar-refractivity contribution in [2.24, 2.45) is 0 Å². The zero-order chi connectivity index (χ0) is 15.5. The standard InChI is InChI=1S/C10H16ClN3O4S2/c1-4-7-9(20(11,17)18)8(14-13-7)10(15)12-6(2)5-19(3)16/h6H,4-5H2,1-3H3,(H,12,15)(H,13,14). The summed E-state index contributed by atoms with van der Waals surface area (Å²) in [6.45, 7) is 3.38. The zero-order valence-corrected chi connectivity index (χ0v) is 13.7. The van der Waals surface area contributed by atoms with Crippen LogP contribution in [0.15, 0.2) is 4.90 Å². The molecule has 1 aromatic heterocycles. The van der Waals surface area contributed by atoms with Gasteiger partial charge in [0, 0.05) is 39.5 Å². The largest absolute Gasteiger partial charge is 0.347 e. The van der Waals surface area contributed by atoms with Crippen molar-refractivity contribution in [3.63, 3.8) is 0 Å². The van der Waals surface area contributed by atoms with Crippen molar-refractivity contribution in [2.75, 3.05) is 12.0 Å². The van der Waals surface area contributed by atoms with E-state index in [2.05, 4.69) is 15.5 Å². The number of rotatable bonds is 6. The van der Waals surface area contributed by atoms with Crippen molar-refractivity contribution < 1.29 is 17.4 Å². The van der Waals surface area contributed by atoms with Gasteiger partial charge in [-0.25, -0.2) is 8.42 Å². The molecule has 1 rings (SSSR count). The number of aryl methyl sites for hydroxylation is 1. The van der Waals surface area contributed by atoms with Gasteiger partial charge in [0.05, 0.1) is 5.69 Å². The van der Waals surface area contributed by atoms with E-state index in [1.54, 1.807) is 13.8 Å². The third-order valence-electron chi connectivity index (χ3n) is 2.47. The van der Waals surface area contributed by atoms with Crippen LogP contribution in [0, 0.1) is 0 Å². The van der Waals surface area contributed by atoms with Crippen LogP contribution >= 0.6 is 10.7 Å². The third kappa shape index (κ3) is 4.29. The molecular formula is C10H16ClN3O4S2. The molecule has 0 saturated heterocycles. The highest BCUT2D eigenvalue weighted by molar-refractivity contribution is 8.13. The fourth-order valence-corrected chi connectivity index (χ4v) is 3.85. The maximum absolute atomic E-state index is 12.0. The van der Waals surface area contributed by atoms with Crippen molar-refractivity contribution in [3.05, 3.63) is 11.4 Å². The quantitative estimate of drug-likeness (QED) is 0.728. The van der Waals surface area contributed by atoms with E-state index in [-0.39, 0.29) is 28.1 Å². The molecule has 0 aliphatic carbocycles. The normalized spacial score (nSPS) is 14.8. The number of nitrogens with one attached hydrogen (secondary N) is 2. The topological polar surface area (TPSA) is 109 Å². The Hall–Kier alpha value is -0.930. The van der Waals surface area contributed by atoms with Crippen molar-refractivity contribution in [1.29, 1.82) is 0 Å². The number of halogens is 1. The van der Waals surface area contributed by atoms with Gasteiger partial charge in [-0.15, -0.1) is 0 Å². The Labute approximate surface area is 124 Å². The summed E-state index contributed by atoms with van der Waals surface area (Å²) >= 11 is 0. The Morgan fingerprint density at radius 2 is 2.15 bits per heavy atom. The molecule has 114 valence electrons. The van der Waals surface area contributed by atoms with E-state index in [9.17, 15) is 17.4 Å². The number of amides is 1. The van der Waals surface area contributed by atoms with E-state index in [0.29, 0.717) is 6.42 Å². The predicted molar refractivity (Wildman–Crippen MR) is 76.9 cm³/mol. The van der Waals surface area contributed by atoms with Gasteiger partial charge >= 0.3 is 0 Å². The molecule has 0 saturated carbocycles. The van der Waals surface area contributed by atoms with E-state index < -0.39 is 25.8 Å². The maximum atomic E-state index is 12.0. The Morgan fingerprint density at radius 3 is 2.60 bits per heavy atom. The summed E-state index contributed by atoms with van der Waals surface area (Å²) in [5.74, 6) is -0.405. The minimum atomic E-state index is -4.08. The lowest BCUT2D eigenvalue weighted by atomic mass is 10.3. The second-order valence-corrected chi connectivity index (χ2v) is 8.27. The summed E-state index contributed by atoms with van der Waals surface area (Å²) in [5.41, 5.74) is 0.00227. The first-order chi connectivity index (χ1) is 9.16. The molecule has 0 spiro atoms. The second-order valence-electron chi connectivity index (χ2n) is 4.29. The van der Waals surface area contributed by atoms with Crippen LogP contribution in [0.25, 0.3) is 0 Å². The predicted octanol–water partition coefficient (Wildman–Crippen LogP) is 0.396. The van der Waals surface area contributed by atoms with Gasteiger partial charge in [0.15, 0.2) is 5.69 Å². The van der Waals surface area contributed by atoms with Crippen LogP contribution in [0.3, 0.4) is 0 Å². The van der Waals surface area contributed by atoms with Gasteiger partial charge in [-0.05, 0) is 13.3 Å². The summed E-state index contributed by atoms with van der Waals surface area (Å²) < 4.78 is 34.1. The number of aromatic amines is 1. The van der Waals surface area contributed by atoms with Gasteiger partial charge in [-0.2, -0.15) is 5.10 Å². The highest BCUT2D eigenvalue weighted by Crippen LogP contribution is 2.22. The number of hydrogen-bond acceptors (Lipinski definition) is 5. The molecule has 2 N–H and O–H groups in total. The second kappa shape index (κ2) is 6.68. The van der Waals surface area contributed by atoms with Crippen LogP contribution in [0.5, 0.6) is 0 Å². The minimum Gasteiger partial charge on any atom is -0.347 e. The smallest absolute Gasteiger partial charge is 0.273 e. The Kier molecular flexibility index (Phi) is 5.72. The molecule has 1 heterocycles. The summed E-state index contributed by atoms with van der Waals surface area (Å²) in [6.07, 6.45) is 1.86. The highest BCUT2D eigenvalue weighted by atomic mass is 35.7.